The van der Waals surface area contributed by atoms with E-state index in [1.165, 1.54) is 12.8 Å². The van der Waals surface area contributed by atoms with Gasteiger partial charge in [-0.1, -0.05) is 0 Å². The fourth-order valence-corrected chi connectivity index (χ4v) is 5.62. The van der Waals surface area contributed by atoms with Gasteiger partial charge in [-0.2, -0.15) is 0 Å². The smallest absolute Gasteiger partial charge is 0.00728 e. The molecule has 72 valence electrons. The van der Waals surface area contributed by atoms with Crippen LogP contribution in [0.2, 0.25) is 0 Å². The van der Waals surface area contributed by atoms with Crippen molar-refractivity contribution in [3.63, 3.8) is 0 Å². The molecule has 4 fully saturated rings. The largest absolute Gasteiger partial charge is 0.327 e. The first-order valence-corrected chi connectivity index (χ1v) is 6.10. The van der Waals surface area contributed by atoms with Crippen molar-refractivity contribution < 1.29 is 0 Å². The minimum atomic E-state index is 0.589. The second-order valence-electron chi connectivity index (χ2n) is 6.05. The average Bonchev–Trinajstić information content (AvgIpc) is 2.78. The Morgan fingerprint density at radius 2 is 1.54 bits per heavy atom. The molecule has 0 radical (unpaired) electrons. The van der Waals surface area contributed by atoms with Crippen LogP contribution in [0.25, 0.3) is 0 Å². The van der Waals surface area contributed by atoms with E-state index in [1.807, 2.05) is 0 Å². The van der Waals surface area contributed by atoms with Gasteiger partial charge in [-0.3, -0.25) is 0 Å². The number of fused-ring (bicyclic) bond motifs is 9. The molecule has 13 heavy (non-hydrogen) atoms. The van der Waals surface area contributed by atoms with Gasteiger partial charge in [0.2, 0.25) is 0 Å². The molecule has 1 nitrogen and oxygen atoms in total. The molecule has 4 bridgehead atoms. The summed E-state index contributed by atoms with van der Waals surface area (Å²) in [6, 6.07) is 0.589. The van der Waals surface area contributed by atoms with Gasteiger partial charge in [-0.15, -0.1) is 0 Å². The summed E-state index contributed by atoms with van der Waals surface area (Å²) in [5.74, 6) is 6.48. The van der Waals surface area contributed by atoms with E-state index in [9.17, 15) is 0 Å². The van der Waals surface area contributed by atoms with Crippen LogP contribution >= 0.6 is 0 Å². The van der Waals surface area contributed by atoms with Gasteiger partial charge >= 0.3 is 0 Å². The predicted octanol–water partition coefficient (Wildman–Crippen LogP) is 2.02. The van der Waals surface area contributed by atoms with Gasteiger partial charge in [0, 0.05) is 6.04 Å². The van der Waals surface area contributed by atoms with Gasteiger partial charge in [0.05, 0.1) is 0 Å². The zero-order valence-corrected chi connectivity index (χ0v) is 8.15. The topological polar surface area (TPSA) is 26.0 Å². The lowest BCUT2D eigenvalue weighted by molar-refractivity contribution is 0.132. The summed E-state index contributed by atoms with van der Waals surface area (Å²) in [5.41, 5.74) is 6.21. The van der Waals surface area contributed by atoms with E-state index in [4.69, 9.17) is 5.73 Å². The summed E-state index contributed by atoms with van der Waals surface area (Å²) in [7, 11) is 0. The lowest BCUT2D eigenvalue weighted by atomic mass is 9.70. The summed E-state index contributed by atoms with van der Waals surface area (Å²) in [4.78, 5) is 0. The third-order valence-corrected chi connectivity index (χ3v) is 5.79. The molecule has 7 atom stereocenters. The maximum Gasteiger partial charge on any atom is 0.00728 e. The molecule has 2 N–H and O–H groups in total. The highest BCUT2D eigenvalue weighted by molar-refractivity contribution is 5.11. The molecule has 0 heterocycles. The standard InChI is InChI=1S/C12H19N/c13-10-5-8-4-9(10)12-7-2-1-6(3-7)11(8)12/h6-12H,1-5,13H2. The first-order chi connectivity index (χ1) is 6.34. The highest BCUT2D eigenvalue weighted by Crippen LogP contribution is 2.66. The van der Waals surface area contributed by atoms with Crippen molar-refractivity contribution in [2.75, 3.05) is 0 Å². The van der Waals surface area contributed by atoms with Crippen LogP contribution in [0, 0.1) is 35.5 Å². The Morgan fingerprint density at radius 3 is 2.38 bits per heavy atom. The normalized spacial score (nSPS) is 67.6. The van der Waals surface area contributed by atoms with Gasteiger partial charge in [-0.25, -0.2) is 0 Å². The van der Waals surface area contributed by atoms with E-state index in [-0.39, 0.29) is 0 Å². The van der Waals surface area contributed by atoms with Crippen LogP contribution in [0.15, 0.2) is 0 Å². The quantitative estimate of drug-likeness (QED) is 0.563. The third-order valence-electron chi connectivity index (χ3n) is 5.79. The van der Waals surface area contributed by atoms with E-state index < -0.39 is 0 Å². The van der Waals surface area contributed by atoms with Crippen LogP contribution in [-0.4, -0.2) is 6.04 Å². The van der Waals surface area contributed by atoms with E-state index in [1.54, 1.807) is 19.3 Å². The monoisotopic (exact) mass is 177 g/mol. The van der Waals surface area contributed by atoms with Crippen LogP contribution in [0.1, 0.15) is 32.1 Å². The number of nitrogens with two attached hydrogens (primary N) is 1. The van der Waals surface area contributed by atoms with Crippen molar-refractivity contribution >= 4 is 0 Å². The van der Waals surface area contributed by atoms with Crippen molar-refractivity contribution in [3.05, 3.63) is 0 Å². The number of rotatable bonds is 0. The molecule has 0 aromatic carbocycles. The zero-order chi connectivity index (χ0) is 8.58. The van der Waals surface area contributed by atoms with E-state index in [0.717, 1.165) is 35.5 Å². The summed E-state index contributed by atoms with van der Waals surface area (Å²) < 4.78 is 0. The third kappa shape index (κ3) is 0.707. The molecular weight excluding hydrogens is 158 g/mol. The van der Waals surface area contributed by atoms with Gasteiger partial charge in [0.15, 0.2) is 0 Å². The Bertz CT molecular complexity index is 250. The molecule has 4 aliphatic rings. The molecule has 0 aromatic rings. The molecule has 0 amide bonds. The Kier molecular flexibility index (Phi) is 1.19. The molecule has 4 saturated carbocycles. The van der Waals surface area contributed by atoms with Crippen LogP contribution in [0.5, 0.6) is 0 Å². The Labute approximate surface area is 80.1 Å². The molecule has 4 aliphatic carbocycles. The van der Waals surface area contributed by atoms with Crippen molar-refractivity contribution in [1.82, 2.24) is 0 Å². The van der Waals surface area contributed by atoms with Gasteiger partial charge in [0.25, 0.3) is 0 Å². The summed E-state index contributed by atoms with van der Waals surface area (Å²) in [6.07, 6.45) is 7.56. The minimum Gasteiger partial charge on any atom is -0.327 e. The van der Waals surface area contributed by atoms with E-state index in [2.05, 4.69) is 0 Å². The van der Waals surface area contributed by atoms with Gasteiger partial charge in [0.1, 0.15) is 0 Å². The van der Waals surface area contributed by atoms with Crippen LogP contribution in [0.3, 0.4) is 0 Å². The Hall–Kier alpha value is -0.0400. The Morgan fingerprint density at radius 1 is 0.769 bits per heavy atom. The lowest BCUT2D eigenvalue weighted by Crippen LogP contribution is -2.39. The van der Waals surface area contributed by atoms with Crippen molar-refractivity contribution in [2.24, 2.45) is 41.2 Å². The fraction of sp³-hybridized carbons (Fsp3) is 1.00. The summed E-state index contributed by atoms with van der Waals surface area (Å²) >= 11 is 0. The van der Waals surface area contributed by atoms with Gasteiger partial charge < -0.3 is 5.73 Å². The highest BCUT2D eigenvalue weighted by Gasteiger charge is 2.61. The van der Waals surface area contributed by atoms with Crippen molar-refractivity contribution in [1.29, 1.82) is 0 Å². The molecule has 4 rings (SSSR count). The molecule has 0 aliphatic heterocycles. The van der Waals surface area contributed by atoms with Crippen molar-refractivity contribution in [3.8, 4) is 0 Å². The maximum atomic E-state index is 6.21. The number of hydrogen-bond donors (Lipinski definition) is 1. The molecule has 1 heteroatoms. The van der Waals surface area contributed by atoms with E-state index in [0.29, 0.717) is 6.04 Å². The second kappa shape index (κ2) is 2.13. The Balaban J connectivity index is 1.75. The first kappa shape index (κ1) is 7.28. The van der Waals surface area contributed by atoms with E-state index >= 15 is 0 Å². The summed E-state index contributed by atoms with van der Waals surface area (Å²) in [5, 5.41) is 0. The second-order valence-corrected chi connectivity index (χ2v) is 6.05. The maximum absolute atomic E-state index is 6.21. The number of hydrogen-bond acceptors (Lipinski definition) is 1. The predicted molar refractivity (Wildman–Crippen MR) is 52.0 cm³/mol. The average molecular weight is 177 g/mol. The van der Waals surface area contributed by atoms with Crippen LogP contribution < -0.4 is 5.73 Å². The minimum absolute atomic E-state index is 0.589. The molecule has 0 saturated heterocycles. The zero-order valence-electron chi connectivity index (χ0n) is 8.15. The molecular formula is C12H19N. The molecule has 7 unspecified atom stereocenters. The molecule has 0 spiro atoms. The SMILES string of the molecule is NC1CC2CC1C1C3CCC(C3)C21. The van der Waals surface area contributed by atoms with Crippen molar-refractivity contribution in [2.45, 2.75) is 38.1 Å². The van der Waals surface area contributed by atoms with Gasteiger partial charge in [-0.05, 0) is 67.6 Å². The van der Waals surface area contributed by atoms with Crippen LogP contribution in [-0.2, 0) is 0 Å². The molecule has 0 aromatic heterocycles. The highest BCUT2D eigenvalue weighted by atomic mass is 14.8. The fourth-order valence-electron chi connectivity index (χ4n) is 5.62. The summed E-state index contributed by atoms with van der Waals surface area (Å²) in [6.45, 7) is 0. The first-order valence-electron chi connectivity index (χ1n) is 6.10. The lowest BCUT2D eigenvalue weighted by Gasteiger charge is -2.37. The van der Waals surface area contributed by atoms with Crippen LogP contribution in [0.4, 0.5) is 0 Å².